The SMILES string of the molecule is NC(=O)c1cc(NCC[C@H]2CCCN2)nc2ccccc12. The number of nitrogens with two attached hydrogens (primary N) is 1. The highest BCUT2D eigenvalue weighted by molar-refractivity contribution is 6.06. The average molecular weight is 284 g/mol. The van der Waals surface area contributed by atoms with E-state index in [2.05, 4.69) is 15.6 Å². The summed E-state index contributed by atoms with van der Waals surface area (Å²) >= 11 is 0. The average Bonchev–Trinajstić information content (AvgIpc) is 2.99. The van der Waals surface area contributed by atoms with Gasteiger partial charge in [-0.1, -0.05) is 18.2 Å². The van der Waals surface area contributed by atoms with Crippen LogP contribution in [0.1, 0.15) is 29.6 Å². The van der Waals surface area contributed by atoms with Crippen LogP contribution in [0.5, 0.6) is 0 Å². The third-order valence-electron chi connectivity index (χ3n) is 3.94. The molecule has 3 rings (SSSR count). The molecule has 1 aliphatic rings. The van der Waals surface area contributed by atoms with Crippen LogP contribution in [0.2, 0.25) is 0 Å². The van der Waals surface area contributed by atoms with Crippen molar-refractivity contribution in [1.82, 2.24) is 10.3 Å². The predicted molar refractivity (Wildman–Crippen MR) is 84.4 cm³/mol. The minimum atomic E-state index is -0.422. The first-order valence-electron chi connectivity index (χ1n) is 7.41. The van der Waals surface area contributed by atoms with E-state index in [1.165, 1.54) is 12.8 Å². The number of carbonyl (C=O) groups excluding carboxylic acids is 1. The number of aromatic nitrogens is 1. The Morgan fingerprint density at radius 3 is 3.05 bits per heavy atom. The van der Waals surface area contributed by atoms with E-state index < -0.39 is 5.91 Å². The number of carbonyl (C=O) groups is 1. The molecular formula is C16H20N4O. The lowest BCUT2D eigenvalue weighted by molar-refractivity contribution is 0.100. The molecule has 1 aromatic heterocycles. The van der Waals surface area contributed by atoms with Crippen LogP contribution in [0.15, 0.2) is 30.3 Å². The zero-order valence-corrected chi connectivity index (χ0v) is 11.9. The molecule has 0 saturated carbocycles. The molecule has 110 valence electrons. The lowest BCUT2D eigenvalue weighted by atomic mass is 10.1. The van der Waals surface area contributed by atoms with Gasteiger partial charge in [-0.15, -0.1) is 0 Å². The van der Waals surface area contributed by atoms with Gasteiger partial charge in [0.1, 0.15) is 5.82 Å². The van der Waals surface area contributed by atoms with Gasteiger partial charge in [-0.05, 0) is 37.9 Å². The highest BCUT2D eigenvalue weighted by Crippen LogP contribution is 2.20. The van der Waals surface area contributed by atoms with Crippen molar-refractivity contribution in [3.8, 4) is 0 Å². The quantitative estimate of drug-likeness (QED) is 0.783. The summed E-state index contributed by atoms with van der Waals surface area (Å²) in [5, 5.41) is 7.57. The Kier molecular flexibility index (Phi) is 4.01. The first-order chi connectivity index (χ1) is 10.2. The van der Waals surface area contributed by atoms with Crippen LogP contribution < -0.4 is 16.4 Å². The monoisotopic (exact) mass is 284 g/mol. The molecular weight excluding hydrogens is 264 g/mol. The van der Waals surface area contributed by atoms with Crippen LogP contribution in [0.25, 0.3) is 10.9 Å². The van der Waals surface area contributed by atoms with Gasteiger partial charge in [0.15, 0.2) is 0 Å². The molecule has 0 radical (unpaired) electrons. The second-order valence-corrected chi connectivity index (χ2v) is 5.45. The molecule has 0 unspecified atom stereocenters. The molecule has 0 aliphatic carbocycles. The Balaban J connectivity index is 1.76. The number of fused-ring (bicyclic) bond motifs is 1. The van der Waals surface area contributed by atoms with E-state index in [4.69, 9.17) is 5.73 Å². The van der Waals surface area contributed by atoms with Gasteiger partial charge in [0.2, 0.25) is 5.91 Å². The van der Waals surface area contributed by atoms with Crippen LogP contribution in [-0.2, 0) is 0 Å². The van der Waals surface area contributed by atoms with Crippen molar-refractivity contribution in [2.75, 3.05) is 18.4 Å². The number of rotatable bonds is 5. The third kappa shape index (κ3) is 3.13. The first kappa shape index (κ1) is 13.8. The number of nitrogens with one attached hydrogen (secondary N) is 2. The van der Waals surface area contributed by atoms with Crippen LogP contribution in [0.4, 0.5) is 5.82 Å². The normalized spacial score (nSPS) is 18.0. The maximum Gasteiger partial charge on any atom is 0.249 e. The van der Waals surface area contributed by atoms with Crippen molar-refractivity contribution in [1.29, 1.82) is 0 Å². The topological polar surface area (TPSA) is 80.0 Å². The standard InChI is InChI=1S/C16H20N4O/c17-16(21)13-10-15(19-9-7-11-4-3-8-18-11)20-14-6-2-1-5-12(13)14/h1-2,5-6,10-11,18H,3-4,7-9H2,(H2,17,21)(H,19,20)/t11-/m1/s1. The number of hydrogen-bond donors (Lipinski definition) is 3. The van der Waals surface area contributed by atoms with E-state index in [1.54, 1.807) is 6.07 Å². The number of amides is 1. The molecule has 2 heterocycles. The number of pyridine rings is 1. The molecule has 1 aliphatic heterocycles. The maximum absolute atomic E-state index is 11.6. The van der Waals surface area contributed by atoms with Crippen molar-refractivity contribution in [3.63, 3.8) is 0 Å². The lowest BCUT2D eigenvalue weighted by Crippen LogP contribution is -2.24. The summed E-state index contributed by atoms with van der Waals surface area (Å²) in [6.45, 7) is 1.95. The largest absolute Gasteiger partial charge is 0.370 e. The highest BCUT2D eigenvalue weighted by atomic mass is 16.1. The van der Waals surface area contributed by atoms with Gasteiger partial charge in [-0.2, -0.15) is 0 Å². The van der Waals surface area contributed by atoms with Crippen molar-refractivity contribution >= 4 is 22.6 Å². The van der Waals surface area contributed by atoms with Crippen LogP contribution >= 0.6 is 0 Å². The van der Waals surface area contributed by atoms with Crippen LogP contribution in [0, 0.1) is 0 Å². The summed E-state index contributed by atoms with van der Waals surface area (Å²) in [5.41, 5.74) is 6.78. The summed E-state index contributed by atoms with van der Waals surface area (Å²) in [5.74, 6) is 0.287. The van der Waals surface area contributed by atoms with Gasteiger partial charge in [0.05, 0.1) is 11.1 Å². The summed E-state index contributed by atoms with van der Waals surface area (Å²) in [6.07, 6.45) is 3.55. The molecule has 1 amide bonds. The van der Waals surface area contributed by atoms with E-state index >= 15 is 0 Å². The fraction of sp³-hybridized carbons (Fsp3) is 0.375. The fourth-order valence-corrected chi connectivity index (χ4v) is 2.85. The van der Waals surface area contributed by atoms with Crippen molar-refractivity contribution in [3.05, 3.63) is 35.9 Å². The molecule has 4 N–H and O–H groups in total. The fourth-order valence-electron chi connectivity index (χ4n) is 2.85. The Morgan fingerprint density at radius 1 is 1.43 bits per heavy atom. The molecule has 0 spiro atoms. The minimum Gasteiger partial charge on any atom is -0.370 e. The van der Waals surface area contributed by atoms with Gasteiger partial charge < -0.3 is 16.4 Å². The number of benzene rings is 1. The molecule has 1 aromatic carbocycles. The second kappa shape index (κ2) is 6.10. The second-order valence-electron chi connectivity index (χ2n) is 5.45. The predicted octanol–water partition coefficient (Wildman–Crippen LogP) is 1.89. The highest BCUT2D eigenvalue weighted by Gasteiger charge is 2.14. The number of hydrogen-bond acceptors (Lipinski definition) is 4. The summed E-state index contributed by atoms with van der Waals surface area (Å²) in [6, 6.07) is 9.89. The molecule has 2 aromatic rings. The first-order valence-corrected chi connectivity index (χ1v) is 7.41. The third-order valence-corrected chi connectivity index (χ3v) is 3.94. The number of primary amides is 1. The van der Waals surface area contributed by atoms with Gasteiger partial charge in [0.25, 0.3) is 0 Å². The van der Waals surface area contributed by atoms with Gasteiger partial charge in [-0.3, -0.25) is 4.79 Å². The van der Waals surface area contributed by atoms with E-state index in [9.17, 15) is 4.79 Å². The van der Waals surface area contributed by atoms with Gasteiger partial charge in [-0.25, -0.2) is 4.98 Å². The van der Waals surface area contributed by atoms with Crippen molar-refractivity contribution in [2.24, 2.45) is 5.73 Å². The molecule has 5 nitrogen and oxygen atoms in total. The Morgan fingerprint density at radius 2 is 2.29 bits per heavy atom. The van der Waals surface area contributed by atoms with Gasteiger partial charge in [0, 0.05) is 18.0 Å². The zero-order chi connectivity index (χ0) is 14.7. The summed E-state index contributed by atoms with van der Waals surface area (Å²) in [7, 11) is 0. The van der Waals surface area contributed by atoms with E-state index in [1.807, 2.05) is 24.3 Å². The molecule has 5 heteroatoms. The molecule has 1 atom stereocenters. The molecule has 1 saturated heterocycles. The van der Waals surface area contributed by atoms with Crippen LogP contribution in [0.3, 0.4) is 0 Å². The Hall–Kier alpha value is -2.14. The van der Waals surface area contributed by atoms with E-state index in [-0.39, 0.29) is 0 Å². The molecule has 0 bridgehead atoms. The Bertz CT molecular complexity index is 650. The molecule has 21 heavy (non-hydrogen) atoms. The van der Waals surface area contributed by atoms with Crippen molar-refractivity contribution < 1.29 is 4.79 Å². The number of anilines is 1. The number of nitrogens with zero attached hydrogens (tertiary/aromatic N) is 1. The lowest BCUT2D eigenvalue weighted by Gasteiger charge is -2.12. The maximum atomic E-state index is 11.6. The summed E-state index contributed by atoms with van der Waals surface area (Å²) < 4.78 is 0. The smallest absolute Gasteiger partial charge is 0.249 e. The Labute approximate surface area is 123 Å². The van der Waals surface area contributed by atoms with Crippen LogP contribution in [-0.4, -0.2) is 30.0 Å². The summed E-state index contributed by atoms with van der Waals surface area (Å²) in [4.78, 5) is 16.1. The van der Waals surface area contributed by atoms with Gasteiger partial charge >= 0.3 is 0 Å². The number of para-hydroxylation sites is 1. The van der Waals surface area contributed by atoms with E-state index in [0.717, 1.165) is 30.4 Å². The van der Waals surface area contributed by atoms with Crippen molar-refractivity contribution in [2.45, 2.75) is 25.3 Å². The van der Waals surface area contributed by atoms with E-state index in [0.29, 0.717) is 17.4 Å². The zero-order valence-electron chi connectivity index (χ0n) is 11.9. The minimum absolute atomic E-state index is 0.422. The molecule has 1 fully saturated rings.